The molecule has 17 heavy (non-hydrogen) atoms. The maximum absolute atomic E-state index is 5.56. The minimum atomic E-state index is 0. The fraction of sp³-hybridized carbons (Fsp3) is 0.818. The van der Waals surface area contributed by atoms with Crippen molar-refractivity contribution in [2.75, 3.05) is 12.8 Å². The highest BCUT2D eigenvalue weighted by molar-refractivity contribution is 14.0. The van der Waals surface area contributed by atoms with Gasteiger partial charge in [0.15, 0.2) is 5.16 Å². The third-order valence-electron chi connectivity index (χ3n) is 3.21. The van der Waals surface area contributed by atoms with E-state index in [0.717, 1.165) is 30.4 Å². The van der Waals surface area contributed by atoms with Crippen LogP contribution in [0, 0.1) is 0 Å². The van der Waals surface area contributed by atoms with Gasteiger partial charge in [-0.2, -0.15) is 0 Å². The predicted octanol–water partition coefficient (Wildman–Crippen LogP) is 2.62. The SMILES string of the molecule is CSc1nnc(CCCN)n1C1CCCC1.I. The maximum Gasteiger partial charge on any atom is 0.191 e. The molecule has 6 heteroatoms. The minimum Gasteiger partial charge on any atom is -0.330 e. The molecule has 4 nitrogen and oxygen atoms in total. The average molecular weight is 368 g/mol. The second-order valence-corrected chi connectivity index (χ2v) is 5.08. The second kappa shape index (κ2) is 7.58. The van der Waals surface area contributed by atoms with Crippen LogP contribution >= 0.6 is 35.7 Å². The fourth-order valence-electron chi connectivity index (χ4n) is 2.41. The normalized spacial score (nSPS) is 16.1. The van der Waals surface area contributed by atoms with Gasteiger partial charge in [-0.15, -0.1) is 34.2 Å². The van der Waals surface area contributed by atoms with Crippen molar-refractivity contribution in [1.82, 2.24) is 14.8 Å². The highest BCUT2D eigenvalue weighted by Gasteiger charge is 2.23. The highest BCUT2D eigenvalue weighted by atomic mass is 127. The Hall–Kier alpha value is 0.180. The van der Waals surface area contributed by atoms with Crippen LogP contribution in [0.2, 0.25) is 0 Å². The van der Waals surface area contributed by atoms with Gasteiger partial charge in [0.05, 0.1) is 0 Å². The van der Waals surface area contributed by atoms with Gasteiger partial charge in [-0.25, -0.2) is 0 Å². The van der Waals surface area contributed by atoms with Crippen LogP contribution in [-0.4, -0.2) is 27.6 Å². The zero-order chi connectivity index (χ0) is 11.4. The predicted molar refractivity (Wildman–Crippen MR) is 82.1 cm³/mol. The lowest BCUT2D eigenvalue weighted by Gasteiger charge is -2.15. The van der Waals surface area contributed by atoms with Crippen LogP contribution in [0.4, 0.5) is 0 Å². The van der Waals surface area contributed by atoms with Crippen molar-refractivity contribution in [3.8, 4) is 0 Å². The standard InChI is InChI=1S/C11H20N4S.HI/c1-16-11-14-13-10(7-4-8-12)15(11)9-5-2-3-6-9;/h9H,2-8,12H2,1H3;1H. The largest absolute Gasteiger partial charge is 0.330 e. The van der Waals surface area contributed by atoms with E-state index in [-0.39, 0.29) is 24.0 Å². The molecule has 0 aliphatic heterocycles. The molecule has 1 aliphatic rings. The number of aromatic nitrogens is 3. The first-order chi connectivity index (χ1) is 7.86. The zero-order valence-corrected chi connectivity index (χ0v) is 13.4. The van der Waals surface area contributed by atoms with E-state index in [1.54, 1.807) is 11.8 Å². The summed E-state index contributed by atoms with van der Waals surface area (Å²) >= 11 is 1.69. The molecule has 2 rings (SSSR count). The Bertz CT molecular complexity index is 336. The summed E-state index contributed by atoms with van der Waals surface area (Å²) < 4.78 is 2.35. The number of nitrogens with two attached hydrogens (primary N) is 1. The fourth-order valence-corrected chi connectivity index (χ4v) is 2.98. The van der Waals surface area contributed by atoms with Crippen molar-refractivity contribution in [2.24, 2.45) is 5.73 Å². The Labute approximate surface area is 124 Å². The van der Waals surface area contributed by atoms with E-state index in [2.05, 4.69) is 21.0 Å². The van der Waals surface area contributed by atoms with Crippen LogP contribution in [0.15, 0.2) is 5.16 Å². The first kappa shape index (κ1) is 15.2. The van der Waals surface area contributed by atoms with Gasteiger partial charge in [0.25, 0.3) is 0 Å². The first-order valence-electron chi connectivity index (χ1n) is 6.04. The van der Waals surface area contributed by atoms with Crippen molar-refractivity contribution in [3.63, 3.8) is 0 Å². The van der Waals surface area contributed by atoms with Crippen molar-refractivity contribution in [1.29, 1.82) is 0 Å². The molecule has 0 spiro atoms. The summed E-state index contributed by atoms with van der Waals surface area (Å²) in [4.78, 5) is 0. The number of hydrogen-bond donors (Lipinski definition) is 1. The molecule has 98 valence electrons. The molecule has 1 heterocycles. The number of rotatable bonds is 5. The molecule has 1 fully saturated rings. The highest BCUT2D eigenvalue weighted by Crippen LogP contribution is 2.33. The molecule has 0 bridgehead atoms. The number of thioether (sulfide) groups is 1. The Morgan fingerprint density at radius 3 is 2.65 bits per heavy atom. The molecule has 0 saturated heterocycles. The third-order valence-corrected chi connectivity index (χ3v) is 3.86. The topological polar surface area (TPSA) is 56.7 Å². The van der Waals surface area contributed by atoms with Crippen LogP contribution in [0.1, 0.15) is 44.0 Å². The van der Waals surface area contributed by atoms with Crippen molar-refractivity contribution < 1.29 is 0 Å². The second-order valence-electron chi connectivity index (χ2n) is 4.30. The van der Waals surface area contributed by atoms with E-state index in [0.29, 0.717) is 6.04 Å². The van der Waals surface area contributed by atoms with Gasteiger partial charge < -0.3 is 10.3 Å². The van der Waals surface area contributed by atoms with Crippen LogP contribution in [-0.2, 0) is 6.42 Å². The molecule has 1 aromatic rings. The summed E-state index contributed by atoms with van der Waals surface area (Å²) in [5.41, 5.74) is 5.56. The van der Waals surface area contributed by atoms with Crippen LogP contribution in [0.25, 0.3) is 0 Å². The van der Waals surface area contributed by atoms with Gasteiger partial charge in [-0.05, 0) is 32.1 Å². The lowest BCUT2D eigenvalue weighted by atomic mass is 10.2. The average Bonchev–Trinajstić information content (AvgIpc) is 2.94. The van der Waals surface area contributed by atoms with E-state index in [4.69, 9.17) is 5.73 Å². The van der Waals surface area contributed by atoms with E-state index >= 15 is 0 Å². The Morgan fingerprint density at radius 2 is 2.06 bits per heavy atom. The molecule has 0 unspecified atom stereocenters. The van der Waals surface area contributed by atoms with Crippen LogP contribution in [0.5, 0.6) is 0 Å². The van der Waals surface area contributed by atoms with Crippen molar-refractivity contribution in [2.45, 2.75) is 49.7 Å². The van der Waals surface area contributed by atoms with Crippen LogP contribution in [0.3, 0.4) is 0 Å². The van der Waals surface area contributed by atoms with E-state index in [1.807, 2.05) is 0 Å². The van der Waals surface area contributed by atoms with Gasteiger partial charge in [0.1, 0.15) is 5.82 Å². The molecule has 0 aromatic carbocycles. The van der Waals surface area contributed by atoms with Gasteiger partial charge in [0.2, 0.25) is 0 Å². The molecular formula is C11H21IN4S. The molecule has 1 aromatic heterocycles. The smallest absolute Gasteiger partial charge is 0.191 e. The Balaban J connectivity index is 0.00000144. The van der Waals surface area contributed by atoms with Gasteiger partial charge >= 0.3 is 0 Å². The zero-order valence-electron chi connectivity index (χ0n) is 10.3. The van der Waals surface area contributed by atoms with Crippen molar-refractivity contribution in [3.05, 3.63) is 5.82 Å². The summed E-state index contributed by atoms with van der Waals surface area (Å²) in [6, 6.07) is 0.630. The molecule has 1 aliphatic carbocycles. The van der Waals surface area contributed by atoms with Crippen molar-refractivity contribution >= 4 is 35.7 Å². The molecule has 1 saturated carbocycles. The summed E-state index contributed by atoms with van der Waals surface area (Å²) in [6.07, 6.45) is 9.27. The molecule has 2 N–H and O–H groups in total. The molecular weight excluding hydrogens is 347 g/mol. The van der Waals surface area contributed by atoms with Gasteiger partial charge in [0, 0.05) is 12.5 Å². The number of hydrogen-bond acceptors (Lipinski definition) is 4. The third kappa shape index (κ3) is 3.57. The Kier molecular flexibility index (Phi) is 6.79. The lowest BCUT2D eigenvalue weighted by Crippen LogP contribution is -2.12. The molecule has 0 amide bonds. The van der Waals surface area contributed by atoms with Crippen LogP contribution < -0.4 is 5.73 Å². The summed E-state index contributed by atoms with van der Waals surface area (Å²) in [7, 11) is 0. The quantitative estimate of drug-likeness (QED) is 0.641. The number of nitrogens with zero attached hydrogens (tertiary/aromatic N) is 3. The van der Waals surface area contributed by atoms with Gasteiger partial charge in [-0.3, -0.25) is 0 Å². The monoisotopic (exact) mass is 368 g/mol. The van der Waals surface area contributed by atoms with Gasteiger partial charge in [-0.1, -0.05) is 24.6 Å². The van der Waals surface area contributed by atoms with E-state index < -0.39 is 0 Å². The van der Waals surface area contributed by atoms with E-state index in [9.17, 15) is 0 Å². The lowest BCUT2D eigenvalue weighted by molar-refractivity contribution is 0.461. The number of aryl methyl sites for hydroxylation is 1. The first-order valence-corrected chi connectivity index (χ1v) is 7.27. The number of halogens is 1. The molecule has 0 atom stereocenters. The summed E-state index contributed by atoms with van der Waals surface area (Å²) in [5, 5.41) is 9.64. The van der Waals surface area contributed by atoms with E-state index in [1.165, 1.54) is 25.7 Å². The maximum atomic E-state index is 5.56. The molecule has 0 radical (unpaired) electrons. The Morgan fingerprint density at radius 1 is 1.35 bits per heavy atom. The summed E-state index contributed by atoms with van der Waals surface area (Å²) in [6.45, 7) is 0.728. The summed E-state index contributed by atoms with van der Waals surface area (Å²) in [5.74, 6) is 1.13. The minimum absolute atomic E-state index is 0.